The van der Waals surface area contributed by atoms with Crippen LogP contribution >= 0.6 is 0 Å². The second-order valence-corrected chi connectivity index (χ2v) is 5.98. The Morgan fingerprint density at radius 1 is 1.14 bits per heavy atom. The lowest BCUT2D eigenvalue weighted by Gasteiger charge is -2.18. The Morgan fingerprint density at radius 2 is 1.91 bits per heavy atom. The van der Waals surface area contributed by atoms with Crippen LogP contribution in [0.5, 0.6) is 0 Å². The Morgan fingerprint density at radius 3 is 2.64 bits per heavy atom. The summed E-state index contributed by atoms with van der Waals surface area (Å²) in [6, 6.07) is 8.44. The summed E-state index contributed by atoms with van der Waals surface area (Å²) in [5, 5.41) is 3.52. The Bertz CT molecular complexity index is 660. The van der Waals surface area contributed by atoms with Crippen molar-refractivity contribution in [3.63, 3.8) is 0 Å². The van der Waals surface area contributed by atoms with Gasteiger partial charge in [0.15, 0.2) is 0 Å². The van der Waals surface area contributed by atoms with Crippen molar-refractivity contribution in [2.24, 2.45) is 0 Å². The fourth-order valence-corrected chi connectivity index (χ4v) is 3.01. The van der Waals surface area contributed by atoms with Gasteiger partial charge in [-0.2, -0.15) is 4.98 Å². The highest BCUT2D eigenvalue weighted by atomic mass is 15.3. The van der Waals surface area contributed by atoms with Crippen LogP contribution in [0.25, 0.3) is 0 Å². The molecule has 2 aromatic rings. The van der Waals surface area contributed by atoms with Gasteiger partial charge < -0.3 is 10.2 Å². The molecule has 3 rings (SSSR count). The summed E-state index contributed by atoms with van der Waals surface area (Å²) in [4.78, 5) is 11.6. The summed E-state index contributed by atoms with van der Waals surface area (Å²) < 4.78 is 0. The van der Waals surface area contributed by atoms with E-state index in [0.717, 1.165) is 37.0 Å². The molecular weight excluding hydrogens is 272 g/mol. The van der Waals surface area contributed by atoms with Gasteiger partial charge in [-0.05, 0) is 44.2 Å². The van der Waals surface area contributed by atoms with Crippen molar-refractivity contribution in [3.05, 3.63) is 41.1 Å². The number of rotatable bonds is 4. The standard InChI is InChI=1S/C18H24N4/c1-4-15-9-7-8-13(2)17(15)20-16-12-14(3)19-18(21-16)22-10-5-6-11-22/h7-9,12H,4-6,10-11H2,1-3H3,(H,19,20,21). The molecule has 1 aromatic carbocycles. The van der Waals surface area contributed by atoms with Crippen LogP contribution in [0.2, 0.25) is 0 Å². The van der Waals surface area contributed by atoms with Crippen LogP contribution in [0.4, 0.5) is 17.5 Å². The molecule has 0 spiro atoms. The van der Waals surface area contributed by atoms with E-state index in [1.54, 1.807) is 0 Å². The zero-order valence-corrected chi connectivity index (χ0v) is 13.7. The van der Waals surface area contributed by atoms with Crippen LogP contribution in [0.1, 0.15) is 36.6 Å². The number of aryl methyl sites for hydroxylation is 3. The minimum absolute atomic E-state index is 0.853. The summed E-state index contributed by atoms with van der Waals surface area (Å²) in [6.07, 6.45) is 3.47. The first-order valence-electron chi connectivity index (χ1n) is 8.13. The van der Waals surface area contributed by atoms with E-state index in [1.165, 1.54) is 29.7 Å². The molecule has 0 atom stereocenters. The molecule has 0 bridgehead atoms. The van der Waals surface area contributed by atoms with E-state index >= 15 is 0 Å². The van der Waals surface area contributed by atoms with Crippen LogP contribution < -0.4 is 10.2 Å². The Kier molecular flexibility index (Phi) is 4.27. The van der Waals surface area contributed by atoms with Gasteiger partial charge in [0.25, 0.3) is 0 Å². The smallest absolute Gasteiger partial charge is 0.227 e. The molecule has 2 heterocycles. The number of nitrogens with zero attached hydrogens (tertiary/aromatic N) is 3. The maximum Gasteiger partial charge on any atom is 0.227 e. The molecule has 22 heavy (non-hydrogen) atoms. The van der Waals surface area contributed by atoms with Gasteiger partial charge in [0.1, 0.15) is 5.82 Å². The Labute approximate surface area is 132 Å². The second kappa shape index (κ2) is 6.34. The summed E-state index contributed by atoms with van der Waals surface area (Å²) in [7, 11) is 0. The minimum Gasteiger partial charge on any atom is -0.341 e. The summed E-state index contributed by atoms with van der Waals surface area (Å²) >= 11 is 0. The van der Waals surface area contributed by atoms with Gasteiger partial charge in [-0.15, -0.1) is 0 Å². The molecule has 0 radical (unpaired) electrons. The Balaban J connectivity index is 1.92. The molecule has 4 heteroatoms. The normalized spacial score (nSPS) is 14.4. The van der Waals surface area contributed by atoms with Gasteiger partial charge in [-0.3, -0.25) is 0 Å². The lowest BCUT2D eigenvalue weighted by molar-refractivity contribution is 0.890. The first-order chi connectivity index (χ1) is 10.7. The maximum atomic E-state index is 4.73. The molecule has 1 aromatic heterocycles. The first-order valence-corrected chi connectivity index (χ1v) is 8.13. The molecule has 116 valence electrons. The number of anilines is 3. The maximum absolute atomic E-state index is 4.73. The van der Waals surface area contributed by atoms with Crippen molar-refractivity contribution in [1.29, 1.82) is 0 Å². The average molecular weight is 296 g/mol. The van der Waals surface area contributed by atoms with E-state index in [2.05, 4.69) is 47.2 Å². The monoisotopic (exact) mass is 296 g/mol. The van der Waals surface area contributed by atoms with Crippen LogP contribution in [0.3, 0.4) is 0 Å². The molecule has 0 unspecified atom stereocenters. The predicted molar refractivity (Wildman–Crippen MR) is 92.1 cm³/mol. The highest BCUT2D eigenvalue weighted by Crippen LogP contribution is 2.26. The highest BCUT2D eigenvalue weighted by molar-refractivity contribution is 5.65. The van der Waals surface area contributed by atoms with Crippen LogP contribution in [0.15, 0.2) is 24.3 Å². The summed E-state index contributed by atoms with van der Waals surface area (Å²) in [5.74, 6) is 1.74. The number of hydrogen-bond acceptors (Lipinski definition) is 4. The third kappa shape index (κ3) is 3.06. The lowest BCUT2D eigenvalue weighted by Crippen LogP contribution is -2.21. The van der Waals surface area contributed by atoms with Crippen molar-refractivity contribution in [2.75, 3.05) is 23.3 Å². The van der Waals surface area contributed by atoms with Gasteiger partial charge >= 0.3 is 0 Å². The van der Waals surface area contributed by atoms with E-state index in [-0.39, 0.29) is 0 Å². The van der Waals surface area contributed by atoms with E-state index < -0.39 is 0 Å². The summed E-state index contributed by atoms with van der Waals surface area (Å²) in [5.41, 5.74) is 4.75. The molecule has 4 nitrogen and oxygen atoms in total. The molecular formula is C18H24N4. The number of aromatic nitrogens is 2. The van der Waals surface area contributed by atoms with E-state index in [0.29, 0.717) is 0 Å². The molecule has 0 saturated carbocycles. The molecule has 1 fully saturated rings. The van der Waals surface area contributed by atoms with Crippen LogP contribution in [-0.4, -0.2) is 23.1 Å². The third-order valence-electron chi connectivity index (χ3n) is 4.22. The van der Waals surface area contributed by atoms with Gasteiger partial charge in [-0.1, -0.05) is 25.1 Å². The van der Waals surface area contributed by atoms with Crippen LogP contribution in [0, 0.1) is 13.8 Å². The van der Waals surface area contributed by atoms with Crippen LogP contribution in [-0.2, 0) is 6.42 Å². The van der Waals surface area contributed by atoms with Crippen molar-refractivity contribution in [2.45, 2.75) is 40.0 Å². The first kappa shape index (κ1) is 14.8. The quantitative estimate of drug-likeness (QED) is 0.926. The molecule has 1 saturated heterocycles. The molecule has 1 aliphatic rings. The predicted octanol–water partition coefficient (Wildman–Crippen LogP) is 4.00. The number of nitrogens with one attached hydrogen (secondary N) is 1. The Hall–Kier alpha value is -2.10. The van der Waals surface area contributed by atoms with Gasteiger partial charge in [0.2, 0.25) is 5.95 Å². The molecule has 1 aliphatic heterocycles. The van der Waals surface area contributed by atoms with E-state index in [4.69, 9.17) is 4.98 Å². The molecule has 1 N–H and O–H groups in total. The van der Waals surface area contributed by atoms with Crippen molar-refractivity contribution < 1.29 is 0 Å². The van der Waals surface area contributed by atoms with Gasteiger partial charge in [0.05, 0.1) is 0 Å². The lowest BCUT2D eigenvalue weighted by atomic mass is 10.1. The van der Waals surface area contributed by atoms with E-state index in [9.17, 15) is 0 Å². The molecule has 0 aliphatic carbocycles. The largest absolute Gasteiger partial charge is 0.341 e. The number of hydrogen-bond donors (Lipinski definition) is 1. The number of benzene rings is 1. The van der Waals surface area contributed by atoms with Gasteiger partial charge in [-0.25, -0.2) is 4.98 Å². The van der Waals surface area contributed by atoms with Gasteiger partial charge in [0, 0.05) is 30.5 Å². The fourth-order valence-electron chi connectivity index (χ4n) is 3.01. The topological polar surface area (TPSA) is 41.1 Å². The molecule has 0 amide bonds. The van der Waals surface area contributed by atoms with Crippen molar-refractivity contribution in [1.82, 2.24) is 9.97 Å². The fraction of sp³-hybridized carbons (Fsp3) is 0.444. The minimum atomic E-state index is 0.853. The van der Waals surface area contributed by atoms with Crippen molar-refractivity contribution in [3.8, 4) is 0 Å². The SMILES string of the molecule is CCc1cccc(C)c1Nc1cc(C)nc(N2CCCC2)n1. The zero-order valence-electron chi connectivity index (χ0n) is 13.7. The average Bonchev–Trinajstić information content (AvgIpc) is 3.03. The highest BCUT2D eigenvalue weighted by Gasteiger charge is 2.16. The van der Waals surface area contributed by atoms with E-state index in [1.807, 2.05) is 13.0 Å². The zero-order chi connectivity index (χ0) is 15.5. The summed E-state index contributed by atoms with van der Waals surface area (Å²) in [6.45, 7) is 8.48. The third-order valence-corrected chi connectivity index (χ3v) is 4.22. The second-order valence-electron chi connectivity index (χ2n) is 5.98. The van der Waals surface area contributed by atoms with Crippen molar-refractivity contribution >= 4 is 17.5 Å². The number of para-hydroxylation sites is 1.